The molecule has 0 spiro atoms. The Labute approximate surface area is 53.3 Å². The molecule has 1 unspecified atom stereocenters. The molecule has 0 saturated carbocycles. The van der Waals surface area contributed by atoms with Crippen molar-refractivity contribution in [2.75, 3.05) is 7.05 Å². The molecule has 0 heterocycles. The summed E-state index contributed by atoms with van der Waals surface area (Å²) in [5, 5.41) is 3.02. The van der Waals surface area contributed by atoms with Gasteiger partial charge in [0.05, 0.1) is 0 Å². The lowest BCUT2D eigenvalue weighted by Gasteiger charge is -2.10. The van der Waals surface area contributed by atoms with Crippen molar-refractivity contribution in [3.63, 3.8) is 0 Å². The van der Waals surface area contributed by atoms with Gasteiger partial charge in [-0.05, 0) is 12.3 Å². The molecule has 0 aromatic rings. The minimum Gasteiger partial charge on any atom is -0.392 e. The van der Waals surface area contributed by atoms with Crippen LogP contribution < -0.4 is 5.32 Å². The quantitative estimate of drug-likeness (QED) is 0.593. The maximum absolute atomic E-state index is 3.83. The molecule has 0 amide bonds. The van der Waals surface area contributed by atoms with Gasteiger partial charge in [-0.15, -0.1) is 0 Å². The molecule has 0 radical (unpaired) electrons. The summed E-state index contributed by atoms with van der Waals surface area (Å²) in [6, 6.07) is 0. The van der Waals surface area contributed by atoms with E-state index in [2.05, 4.69) is 25.7 Å². The zero-order valence-electron chi connectivity index (χ0n) is 5.99. The smallest absolute Gasteiger partial charge is 0.00596 e. The molecule has 0 saturated heterocycles. The van der Waals surface area contributed by atoms with Crippen molar-refractivity contribution in [3.05, 3.63) is 12.3 Å². The molecule has 1 N–H and O–H groups in total. The normalized spacial score (nSPS) is 12.9. The van der Waals surface area contributed by atoms with E-state index in [9.17, 15) is 0 Å². The van der Waals surface area contributed by atoms with Crippen molar-refractivity contribution >= 4 is 0 Å². The average Bonchev–Trinajstić information content (AvgIpc) is 1.84. The lowest BCUT2D eigenvalue weighted by Crippen LogP contribution is -2.11. The topological polar surface area (TPSA) is 12.0 Å². The van der Waals surface area contributed by atoms with Crippen molar-refractivity contribution < 1.29 is 1.43 Å². The summed E-state index contributed by atoms with van der Waals surface area (Å²) in [6.07, 6.45) is 1.17. The van der Waals surface area contributed by atoms with E-state index in [0.29, 0.717) is 5.92 Å². The molecule has 1 atom stereocenters. The molecular weight excluding hydrogens is 98.1 g/mol. The maximum Gasteiger partial charge on any atom is 0.00596 e. The van der Waals surface area contributed by atoms with Crippen molar-refractivity contribution in [2.45, 2.75) is 20.3 Å². The van der Waals surface area contributed by atoms with Gasteiger partial charge in [0.2, 0.25) is 0 Å². The van der Waals surface area contributed by atoms with Crippen LogP contribution in [0.5, 0.6) is 0 Å². The first kappa shape index (κ1) is 7.54. The van der Waals surface area contributed by atoms with Crippen LogP contribution in [0.3, 0.4) is 0 Å². The largest absolute Gasteiger partial charge is 0.392 e. The SMILES string of the molecule is C=C(NC)C(C)CC.[HH]. The van der Waals surface area contributed by atoms with E-state index in [-0.39, 0.29) is 1.43 Å². The van der Waals surface area contributed by atoms with E-state index in [4.69, 9.17) is 0 Å². The Morgan fingerprint density at radius 3 is 2.50 bits per heavy atom. The van der Waals surface area contributed by atoms with Gasteiger partial charge >= 0.3 is 0 Å². The molecule has 0 aliphatic carbocycles. The first-order valence-corrected chi connectivity index (χ1v) is 3.08. The predicted octanol–water partition coefficient (Wildman–Crippen LogP) is 2.01. The maximum atomic E-state index is 3.83. The zero-order valence-corrected chi connectivity index (χ0v) is 5.99. The number of nitrogens with one attached hydrogen (secondary N) is 1. The molecule has 0 rings (SSSR count). The van der Waals surface area contributed by atoms with Crippen LogP contribution in [-0.4, -0.2) is 7.05 Å². The summed E-state index contributed by atoms with van der Waals surface area (Å²) in [5.41, 5.74) is 1.13. The van der Waals surface area contributed by atoms with Crippen molar-refractivity contribution in [1.29, 1.82) is 0 Å². The van der Waals surface area contributed by atoms with E-state index >= 15 is 0 Å². The van der Waals surface area contributed by atoms with Crippen molar-refractivity contribution in [1.82, 2.24) is 5.32 Å². The highest BCUT2D eigenvalue weighted by molar-refractivity contribution is 4.93. The Bertz CT molecular complexity index is 81.0. The van der Waals surface area contributed by atoms with Crippen LogP contribution in [-0.2, 0) is 0 Å². The monoisotopic (exact) mass is 115 g/mol. The highest BCUT2D eigenvalue weighted by Gasteiger charge is 1.98. The second-order valence-corrected chi connectivity index (χ2v) is 2.08. The molecule has 0 bridgehead atoms. The van der Waals surface area contributed by atoms with Gasteiger partial charge in [-0.1, -0.05) is 20.4 Å². The second kappa shape index (κ2) is 3.53. The van der Waals surface area contributed by atoms with E-state index in [1.165, 1.54) is 6.42 Å². The minimum absolute atomic E-state index is 0. The predicted molar refractivity (Wildman–Crippen MR) is 39.8 cm³/mol. The Morgan fingerprint density at radius 1 is 1.88 bits per heavy atom. The first-order chi connectivity index (χ1) is 3.72. The Balaban J connectivity index is 0. The molecule has 0 fully saturated rings. The highest BCUT2D eigenvalue weighted by atomic mass is 14.8. The summed E-state index contributed by atoms with van der Waals surface area (Å²) in [5.74, 6) is 0.611. The second-order valence-electron chi connectivity index (χ2n) is 2.08. The van der Waals surface area contributed by atoms with Crippen molar-refractivity contribution in [3.8, 4) is 0 Å². The van der Waals surface area contributed by atoms with Gasteiger partial charge in [-0.3, -0.25) is 0 Å². The van der Waals surface area contributed by atoms with Crippen LogP contribution in [0.1, 0.15) is 21.7 Å². The molecular formula is C7H17N. The van der Waals surface area contributed by atoms with Gasteiger partial charge in [0, 0.05) is 14.2 Å². The van der Waals surface area contributed by atoms with E-state index in [0.717, 1.165) is 5.70 Å². The Hall–Kier alpha value is -0.460. The fourth-order valence-electron chi connectivity index (χ4n) is 0.493. The van der Waals surface area contributed by atoms with Crippen LogP contribution in [0, 0.1) is 5.92 Å². The van der Waals surface area contributed by atoms with Gasteiger partial charge in [0.15, 0.2) is 0 Å². The molecule has 50 valence electrons. The zero-order chi connectivity index (χ0) is 6.57. The standard InChI is InChI=1S/C7H15N.H2/c1-5-6(2)7(3)8-4;/h6,8H,3,5H2,1-2,4H3;1H. The minimum atomic E-state index is 0. The molecule has 8 heavy (non-hydrogen) atoms. The average molecular weight is 115 g/mol. The van der Waals surface area contributed by atoms with Crippen LogP contribution in [0.2, 0.25) is 0 Å². The summed E-state index contributed by atoms with van der Waals surface area (Å²) in [4.78, 5) is 0. The molecule has 1 heteroatoms. The van der Waals surface area contributed by atoms with E-state index in [1.807, 2.05) is 7.05 Å². The Kier molecular flexibility index (Phi) is 3.33. The molecule has 0 aliphatic rings. The van der Waals surface area contributed by atoms with Crippen LogP contribution in [0.15, 0.2) is 12.3 Å². The fraction of sp³-hybridized carbons (Fsp3) is 0.714. The molecule has 0 aliphatic heterocycles. The molecule has 1 nitrogen and oxygen atoms in total. The fourth-order valence-corrected chi connectivity index (χ4v) is 0.493. The Morgan fingerprint density at radius 2 is 2.38 bits per heavy atom. The highest BCUT2D eigenvalue weighted by Crippen LogP contribution is 2.06. The van der Waals surface area contributed by atoms with Crippen LogP contribution in [0.4, 0.5) is 0 Å². The van der Waals surface area contributed by atoms with Gasteiger partial charge in [-0.2, -0.15) is 0 Å². The number of hydrogen-bond acceptors (Lipinski definition) is 1. The number of rotatable bonds is 3. The number of allylic oxidation sites excluding steroid dienone is 1. The summed E-state index contributed by atoms with van der Waals surface area (Å²) in [7, 11) is 1.91. The third-order valence-electron chi connectivity index (χ3n) is 1.53. The summed E-state index contributed by atoms with van der Waals surface area (Å²) >= 11 is 0. The van der Waals surface area contributed by atoms with Crippen LogP contribution in [0.25, 0.3) is 0 Å². The first-order valence-electron chi connectivity index (χ1n) is 3.08. The van der Waals surface area contributed by atoms with Gasteiger partial charge in [0.1, 0.15) is 0 Å². The van der Waals surface area contributed by atoms with Gasteiger partial charge in [0.25, 0.3) is 0 Å². The lowest BCUT2D eigenvalue weighted by atomic mass is 10.1. The van der Waals surface area contributed by atoms with Crippen LogP contribution >= 0.6 is 0 Å². The van der Waals surface area contributed by atoms with Gasteiger partial charge < -0.3 is 5.32 Å². The summed E-state index contributed by atoms with van der Waals surface area (Å²) < 4.78 is 0. The summed E-state index contributed by atoms with van der Waals surface area (Å²) in [6.45, 7) is 8.16. The third kappa shape index (κ3) is 2.01. The molecule has 0 aromatic heterocycles. The van der Waals surface area contributed by atoms with E-state index < -0.39 is 0 Å². The number of hydrogen-bond donors (Lipinski definition) is 1. The van der Waals surface area contributed by atoms with E-state index in [1.54, 1.807) is 0 Å². The third-order valence-corrected chi connectivity index (χ3v) is 1.53. The molecule has 0 aromatic carbocycles. The lowest BCUT2D eigenvalue weighted by molar-refractivity contribution is 0.616. The van der Waals surface area contributed by atoms with Crippen molar-refractivity contribution in [2.24, 2.45) is 5.92 Å². The van der Waals surface area contributed by atoms with Gasteiger partial charge in [-0.25, -0.2) is 0 Å².